The van der Waals surface area contributed by atoms with E-state index in [0.29, 0.717) is 13.1 Å². The third-order valence-corrected chi connectivity index (χ3v) is 2.82. The van der Waals surface area contributed by atoms with Crippen LogP contribution in [0, 0.1) is 0 Å². The van der Waals surface area contributed by atoms with Crippen LogP contribution in [0.15, 0.2) is 0 Å². The molecule has 0 aromatic carbocycles. The van der Waals surface area contributed by atoms with Gasteiger partial charge >= 0.3 is 12.0 Å². The number of rotatable bonds is 6. The van der Waals surface area contributed by atoms with Crippen molar-refractivity contribution in [1.82, 2.24) is 15.5 Å². The lowest BCUT2D eigenvalue weighted by molar-refractivity contribution is -0.143. The fourth-order valence-electron chi connectivity index (χ4n) is 1.85. The summed E-state index contributed by atoms with van der Waals surface area (Å²) >= 11 is 0. The number of imide groups is 1. The molecule has 0 saturated carbocycles. The second-order valence-corrected chi connectivity index (χ2v) is 4.56. The van der Waals surface area contributed by atoms with Crippen LogP contribution < -0.4 is 10.6 Å². The molecule has 0 radical (unpaired) electrons. The molecule has 0 aromatic rings. The Bertz CT molecular complexity index is 406. The molecule has 0 aliphatic carbocycles. The van der Waals surface area contributed by atoms with Gasteiger partial charge in [0.05, 0.1) is 6.54 Å². The zero-order chi connectivity index (χ0) is 15.7. The van der Waals surface area contributed by atoms with Gasteiger partial charge in [-0.3, -0.25) is 14.9 Å². The Kier molecular flexibility index (Phi) is 7.16. The molecule has 0 atom stereocenters. The van der Waals surface area contributed by atoms with Gasteiger partial charge in [-0.05, 0) is 19.3 Å². The highest BCUT2D eigenvalue weighted by molar-refractivity contribution is 5.96. The molecule has 3 N–H and O–H groups in total. The highest BCUT2D eigenvalue weighted by Crippen LogP contribution is 2.07. The Morgan fingerprint density at radius 1 is 1.05 bits per heavy atom. The van der Waals surface area contributed by atoms with Gasteiger partial charge in [0.2, 0.25) is 5.91 Å². The van der Waals surface area contributed by atoms with Gasteiger partial charge in [-0.2, -0.15) is 0 Å². The summed E-state index contributed by atoms with van der Waals surface area (Å²) in [5, 5.41) is 12.5. The third-order valence-electron chi connectivity index (χ3n) is 2.82. The molecule has 1 heterocycles. The van der Waals surface area contributed by atoms with Crippen molar-refractivity contribution in [2.45, 2.75) is 19.3 Å². The monoisotopic (exact) mass is 301 g/mol. The molecule has 0 bridgehead atoms. The summed E-state index contributed by atoms with van der Waals surface area (Å²) in [5.74, 6) is -2.18. The standard InChI is InChI=1S/C12H19N3O6/c16-9(7-21-8-11(18)19)14-12(20)13-6-10(17)15-4-2-1-3-5-15/h1-8H2,(H,18,19)(H2,13,14,16,20). The van der Waals surface area contributed by atoms with Crippen LogP contribution in [0.4, 0.5) is 4.79 Å². The van der Waals surface area contributed by atoms with Crippen molar-refractivity contribution in [2.75, 3.05) is 32.8 Å². The molecule has 9 heteroatoms. The average Bonchev–Trinajstić information content (AvgIpc) is 2.45. The van der Waals surface area contributed by atoms with Gasteiger partial charge in [0.25, 0.3) is 5.91 Å². The average molecular weight is 301 g/mol. The zero-order valence-corrected chi connectivity index (χ0v) is 11.6. The molecular formula is C12H19N3O6. The first-order valence-corrected chi connectivity index (χ1v) is 6.64. The first-order valence-electron chi connectivity index (χ1n) is 6.64. The van der Waals surface area contributed by atoms with Crippen molar-refractivity contribution < 1.29 is 29.0 Å². The van der Waals surface area contributed by atoms with Gasteiger partial charge in [0.15, 0.2) is 0 Å². The lowest BCUT2D eigenvalue weighted by Crippen LogP contribution is -2.47. The maximum absolute atomic E-state index is 11.7. The van der Waals surface area contributed by atoms with Crippen LogP contribution in [-0.2, 0) is 19.1 Å². The van der Waals surface area contributed by atoms with Crippen LogP contribution in [0.2, 0.25) is 0 Å². The van der Waals surface area contributed by atoms with Crippen molar-refractivity contribution >= 4 is 23.8 Å². The molecule has 0 spiro atoms. The minimum absolute atomic E-state index is 0.185. The van der Waals surface area contributed by atoms with E-state index in [-0.39, 0.29) is 12.5 Å². The van der Waals surface area contributed by atoms with E-state index in [9.17, 15) is 19.2 Å². The zero-order valence-electron chi connectivity index (χ0n) is 11.6. The Morgan fingerprint density at radius 3 is 2.33 bits per heavy atom. The number of carbonyl (C=O) groups is 4. The molecule has 0 unspecified atom stereocenters. The van der Waals surface area contributed by atoms with E-state index in [1.165, 1.54) is 0 Å². The third kappa shape index (κ3) is 7.25. The fraction of sp³-hybridized carbons (Fsp3) is 0.667. The summed E-state index contributed by atoms with van der Waals surface area (Å²) in [6.45, 7) is 0.0194. The number of hydrogen-bond acceptors (Lipinski definition) is 5. The van der Waals surface area contributed by atoms with Crippen LogP contribution in [0.1, 0.15) is 19.3 Å². The van der Waals surface area contributed by atoms with Crippen molar-refractivity contribution in [3.8, 4) is 0 Å². The number of carboxylic acids is 1. The Morgan fingerprint density at radius 2 is 1.71 bits per heavy atom. The van der Waals surface area contributed by atoms with Crippen LogP contribution in [0.5, 0.6) is 0 Å². The Labute approximate surface area is 121 Å². The van der Waals surface area contributed by atoms with E-state index in [1.54, 1.807) is 4.90 Å². The summed E-state index contributed by atoms with van der Waals surface area (Å²) in [4.78, 5) is 46.1. The second kappa shape index (κ2) is 8.90. The lowest BCUT2D eigenvalue weighted by Gasteiger charge is -2.26. The molecule has 1 aliphatic heterocycles. The SMILES string of the molecule is O=C(O)COCC(=O)NC(=O)NCC(=O)N1CCCCC1. The van der Waals surface area contributed by atoms with Gasteiger partial charge < -0.3 is 20.1 Å². The number of hydrogen-bond donors (Lipinski definition) is 3. The number of nitrogens with one attached hydrogen (secondary N) is 2. The number of urea groups is 1. The van der Waals surface area contributed by atoms with Crippen molar-refractivity contribution in [1.29, 1.82) is 0 Å². The number of carbonyl (C=O) groups excluding carboxylic acids is 3. The molecule has 21 heavy (non-hydrogen) atoms. The smallest absolute Gasteiger partial charge is 0.329 e. The molecule has 4 amide bonds. The predicted octanol–water partition coefficient (Wildman–Crippen LogP) is -1.07. The molecule has 1 aliphatic rings. The number of likely N-dealkylation sites (tertiary alicyclic amines) is 1. The van der Waals surface area contributed by atoms with E-state index < -0.39 is 31.1 Å². The first kappa shape index (κ1) is 16.9. The Hall–Kier alpha value is -2.16. The first-order chi connectivity index (χ1) is 9.99. The molecule has 9 nitrogen and oxygen atoms in total. The topological polar surface area (TPSA) is 125 Å². The predicted molar refractivity (Wildman–Crippen MR) is 70.4 cm³/mol. The van der Waals surface area contributed by atoms with Gasteiger partial charge in [0, 0.05) is 13.1 Å². The molecular weight excluding hydrogens is 282 g/mol. The summed E-state index contributed by atoms with van der Waals surface area (Å²) in [6, 6.07) is -0.815. The van der Waals surface area contributed by atoms with Crippen LogP contribution >= 0.6 is 0 Å². The van der Waals surface area contributed by atoms with E-state index in [4.69, 9.17) is 5.11 Å². The lowest BCUT2D eigenvalue weighted by atomic mass is 10.1. The summed E-state index contributed by atoms with van der Waals surface area (Å²) in [6.07, 6.45) is 3.01. The van der Waals surface area contributed by atoms with Crippen molar-refractivity contribution in [2.24, 2.45) is 0 Å². The highest BCUT2D eigenvalue weighted by atomic mass is 16.5. The number of aliphatic carboxylic acids is 1. The number of amides is 4. The van der Waals surface area contributed by atoms with Gasteiger partial charge in [-0.25, -0.2) is 9.59 Å². The quantitative estimate of drug-likeness (QED) is 0.573. The molecule has 118 valence electrons. The van der Waals surface area contributed by atoms with Crippen molar-refractivity contribution in [3.63, 3.8) is 0 Å². The molecule has 1 rings (SSSR count). The minimum Gasteiger partial charge on any atom is -0.480 e. The molecule has 0 aromatic heterocycles. The Balaban J connectivity index is 2.16. The largest absolute Gasteiger partial charge is 0.480 e. The normalized spacial score (nSPS) is 14.4. The summed E-state index contributed by atoms with van der Waals surface area (Å²) < 4.78 is 4.51. The van der Waals surface area contributed by atoms with Gasteiger partial charge in [-0.15, -0.1) is 0 Å². The van der Waals surface area contributed by atoms with Crippen LogP contribution in [-0.4, -0.2) is 66.7 Å². The number of carboxylic acid groups (broad SMARTS) is 1. The molecule has 1 fully saturated rings. The summed E-state index contributed by atoms with van der Waals surface area (Å²) in [5.41, 5.74) is 0. The minimum atomic E-state index is -1.21. The number of nitrogens with zero attached hydrogens (tertiary/aromatic N) is 1. The van der Waals surface area contributed by atoms with E-state index in [0.717, 1.165) is 19.3 Å². The maximum atomic E-state index is 11.7. The number of piperidine rings is 1. The van der Waals surface area contributed by atoms with Crippen molar-refractivity contribution in [3.05, 3.63) is 0 Å². The van der Waals surface area contributed by atoms with Crippen LogP contribution in [0.25, 0.3) is 0 Å². The summed E-state index contributed by atoms with van der Waals surface area (Å²) in [7, 11) is 0. The maximum Gasteiger partial charge on any atom is 0.329 e. The second-order valence-electron chi connectivity index (χ2n) is 4.56. The van der Waals surface area contributed by atoms with E-state index in [1.807, 2.05) is 5.32 Å². The van der Waals surface area contributed by atoms with Crippen LogP contribution in [0.3, 0.4) is 0 Å². The molecule has 1 saturated heterocycles. The fourth-order valence-corrected chi connectivity index (χ4v) is 1.85. The van der Waals surface area contributed by atoms with E-state index in [2.05, 4.69) is 10.1 Å². The highest BCUT2D eigenvalue weighted by Gasteiger charge is 2.17. The number of ether oxygens (including phenoxy) is 1. The van der Waals surface area contributed by atoms with Gasteiger partial charge in [-0.1, -0.05) is 0 Å². The van der Waals surface area contributed by atoms with E-state index >= 15 is 0 Å². The van der Waals surface area contributed by atoms with Gasteiger partial charge in [0.1, 0.15) is 13.2 Å².